The molecule has 0 atom stereocenters. The lowest BCUT2D eigenvalue weighted by molar-refractivity contribution is 0.101. The Balaban J connectivity index is 2.22. The number of benzene rings is 1. The smallest absolute Gasteiger partial charge is 0.289 e. The van der Waals surface area contributed by atoms with Crippen LogP contribution in [0.3, 0.4) is 0 Å². The van der Waals surface area contributed by atoms with E-state index in [1.165, 1.54) is 31.5 Å². The first kappa shape index (κ1) is 19.4. The Morgan fingerprint density at radius 3 is 2.84 bits per heavy atom. The summed E-state index contributed by atoms with van der Waals surface area (Å²) in [6.45, 7) is 0.554. The number of thioether (sulfide) groups is 1. The number of halogens is 3. The van der Waals surface area contributed by atoms with Crippen LogP contribution in [0.2, 0.25) is 5.02 Å². The number of nitrogens with one attached hydrogen (secondary N) is 1. The van der Waals surface area contributed by atoms with Crippen molar-refractivity contribution in [3.63, 3.8) is 0 Å². The monoisotopic (exact) mass is 388 g/mol. The van der Waals surface area contributed by atoms with Crippen LogP contribution < -0.4 is 10.1 Å². The molecule has 1 amide bonds. The third-order valence-electron chi connectivity index (χ3n) is 2.96. The minimum absolute atomic E-state index is 0.0956. The molecule has 0 spiro atoms. The molecule has 1 N–H and O–H groups in total. The lowest BCUT2D eigenvalue weighted by Crippen LogP contribution is -2.16. The van der Waals surface area contributed by atoms with Crippen LogP contribution in [0.25, 0.3) is 0 Å². The van der Waals surface area contributed by atoms with Crippen LogP contribution in [-0.4, -0.2) is 37.0 Å². The van der Waals surface area contributed by atoms with Crippen molar-refractivity contribution in [3.8, 4) is 5.88 Å². The van der Waals surface area contributed by atoms with Gasteiger partial charge < -0.3 is 14.8 Å². The summed E-state index contributed by atoms with van der Waals surface area (Å²) in [5, 5.41) is 2.71. The predicted octanol–water partition coefficient (Wildman–Crippen LogP) is 4.33. The fourth-order valence-electron chi connectivity index (χ4n) is 1.91. The van der Waals surface area contributed by atoms with Crippen molar-refractivity contribution >= 4 is 35.0 Å². The number of rotatable bonds is 8. The molecule has 5 nitrogen and oxygen atoms in total. The Morgan fingerprint density at radius 2 is 2.12 bits per heavy atom. The van der Waals surface area contributed by atoms with Crippen LogP contribution >= 0.6 is 23.4 Å². The number of alkyl halides is 2. The van der Waals surface area contributed by atoms with E-state index in [0.717, 1.165) is 0 Å². The molecule has 0 aliphatic carbocycles. The fraction of sp³-hybridized carbons (Fsp3) is 0.250. The molecule has 0 bridgehead atoms. The molecule has 0 fully saturated rings. The molecule has 0 aliphatic rings. The van der Waals surface area contributed by atoms with Crippen LogP contribution in [0.5, 0.6) is 5.88 Å². The summed E-state index contributed by atoms with van der Waals surface area (Å²) in [5.41, 5.74) is 0.362. The molecule has 1 aromatic carbocycles. The van der Waals surface area contributed by atoms with E-state index in [1.54, 1.807) is 12.1 Å². The van der Waals surface area contributed by atoms with Gasteiger partial charge in [0.1, 0.15) is 12.2 Å². The number of methoxy groups -OCH3 is 1. The summed E-state index contributed by atoms with van der Waals surface area (Å²) in [6.07, 6.45) is 1.48. The zero-order valence-corrected chi connectivity index (χ0v) is 14.7. The van der Waals surface area contributed by atoms with E-state index in [0.29, 0.717) is 6.61 Å². The highest BCUT2D eigenvalue weighted by atomic mass is 35.5. The van der Waals surface area contributed by atoms with Gasteiger partial charge in [-0.15, -0.1) is 0 Å². The summed E-state index contributed by atoms with van der Waals surface area (Å²) in [5.74, 6) is -3.08. The Hall–Kier alpha value is -1.90. The normalized spacial score (nSPS) is 10.8. The van der Waals surface area contributed by atoms with Gasteiger partial charge in [0.15, 0.2) is 0 Å². The Bertz CT molecular complexity index is 734. The Labute approximate surface area is 152 Å². The minimum atomic E-state index is -2.66. The van der Waals surface area contributed by atoms with Gasteiger partial charge in [0.2, 0.25) is 5.88 Å². The van der Waals surface area contributed by atoms with Gasteiger partial charge >= 0.3 is 0 Å². The van der Waals surface area contributed by atoms with E-state index in [2.05, 4.69) is 10.3 Å². The zero-order valence-electron chi connectivity index (χ0n) is 13.2. The second-order valence-corrected chi connectivity index (χ2v) is 6.05. The van der Waals surface area contributed by atoms with Crippen molar-refractivity contribution in [1.82, 2.24) is 4.98 Å². The number of anilines is 1. The highest BCUT2D eigenvalue weighted by molar-refractivity contribution is 7.99. The Kier molecular flexibility index (Phi) is 7.42. The zero-order chi connectivity index (χ0) is 18.2. The van der Waals surface area contributed by atoms with Gasteiger partial charge in [-0.25, -0.2) is 4.98 Å². The van der Waals surface area contributed by atoms with E-state index in [1.807, 2.05) is 0 Å². The van der Waals surface area contributed by atoms with Crippen molar-refractivity contribution in [2.45, 2.75) is 10.7 Å². The van der Waals surface area contributed by atoms with E-state index in [9.17, 15) is 13.6 Å². The first-order valence-electron chi connectivity index (χ1n) is 7.14. The maximum Gasteiger partial charge on any atom is 0.289 e. The fourth-order valence-corrected chi connectivity index (χ4v) is 2.82. The molecule has 1 heterocycles. The Morgan fingerprint density at radius 1 is 1.32 bits per heavy atom. The van der Waals surface area contributed by atoms with Gasteiger partial charge in [-0.05, 0) is 24.3 Å². The third-order valence-corrected chi connectivity index (χ3v) is 4.24. The van der Waals surface area contributed by atoms with Crippen molar-refractivity contribution in [2.24, 2.45) is 0 Å². The number of amides is 1. The highest BCUT2D eigenvalue weighted by Gasteiger charge is 2.18. The quantitative estimate of drug-likeness (QED) is 0.539. The highest BCUT2D eigenvalue weighted by Crippen LogP contribution is 2.37. The molecule has 2 rings (SSSR count). The summed E-state index contributed by atoms with van der Waals surface area (Å²) in [7, 11) is 1.52. The number of hydrogen-bond donors (Lipinski definition) is 1. The minimum Gasteiger partial charge on any atom is -0.475 e. The van der Waals surface area contributed by atoms with Crippen LogP contribution in [-0.2, 0) is 4.74 Å². The topological polar surface area (TPSA) is 60.5 Å². The predicted molar refractivity (Wildman–Crippen MR) is 92.9 cm³/mol. The summed E-state index contributed by atoms with van der Waals surface area (Å²) in [4.78, 5) is 16.6. The third kappa shape index (κ3) is 5.55. The van der Waals surface area contributed by atoms with Crippen LogP contribution in [0, 0.1) is 0 Å². The van der Waals surface area contributed by atoms with Crippen molar-refractivity contribution in [3.05, 3.63) is 47.1 Å². The van der Waals surface area contributed by atoms with Gasteiger partial charge in [0.05, 0.1) is 22.2 Å². The van der Waals surface area contributed by atoms with Crippen molar-refractivity contribution in [2.75, 3.05) is 25.6 Å². The van der Waals surface area contributed by atoms with Crippen LogP contribution in [0.4, 0.5) is 14.5 Å². The van der Waals surface area contributed by atoms with Crippen molar-refractivity contribution in [1.29, 1.82) is 0 Å². The molecule has 0 aliphatic heterocycles. The average Bonchev–Trinajstić information content (AvgIpc) is 2.58. The summed E-state index contributed by atoms with van der Waals surface area (Å²) < 4.78 is 35.7. The molecule has 0 saturated carbocycles. The molecule has 1 aromatic heterocycles. The van der Waals surface area contributed by atoms with Gasteiger partial charge in [-0.3, -0.25) is 4.79 Å². The number of carbonyl (C=O) groups excluding carboxylic acids is 1. The molecule has 25 heavy (non-hydrogen) atoms. The number of nitrogens with zero attached hydrogens (tertiary/aromatic N) is 1. The SMILES string of the molecule is COCCOc1ncccc1C(=O)Nc1cccc(Cl)c1SC(F)F. The van der Waals surface area contributed by atoms with Crippen LogP contribution in [0.1, 0.15) is 10.4 Å². The number of aromatic nitrogens is 1. The van der Waals surface area contributed by atoms with E-state index >= 15 is 0 Å². The second-order valence-electron chi connectivity index (χ2n) is 4.65. The molecular weight excluding hydrogens is 374 g/mol. The van der Waals surface area contributed by atoms with E-state index in [-0.39, 0.29) is 45.4 Å². The van der Waals surface area contributed by atoms with Gasteiger partial charge in [0, 0.05) is 13.3 Å². The largest absolute Gasteiger partial charge is 0.475 e. The molecule has 9 heteroatoms. The lowest BCUT2D eigenvalue weighted by atomic mass is 10.2. The van der Waals surface area contributed by atoms with Gasteiger partial charge in [-0.2, -0.15) is 8.78 Å². The first-order chi connectivity index (χ1) is 12.0. The molecule has 134 valence electrons. The van der Waals surface area contributed by atoms with Gasteiger partial charge in [0.25, 0.3) is 11.7 Å². The van der Waals surface area contributed by atoms with Crippen LogP contribution in [0.15, 0.2) is 41.4 Å². The summed E-state index contributed by atoms with van der Waals surface area (Å²) in [6, 6.07) is 7.63. The molecule has 0 unspecified atom stereocenters. The first-order valence-corrected chi connectivity index (χ1v) is 8.40. The number of ether oxygens (including phenoxy) is 2. The maximum atomic E-state index is 12.7. The average molecular weight is 389 g/mol. The second kappa shape index (κ2) is 9.55. The standard InChI is InChI=1S/C16H15ClF2N2O3S/c1-23-8-9-24-15-10(4-3-7-20-15)14(22)21-12-6-2-5-11(17)13(12)25-16(18)19/h2-7,16H,8-9H2,1H3,(H,21,22). The van der Waals surface area contributed by atoms with E-state index in [4.69, 9.17) is 21.1 Å². The molecule has 2 aromatic rings. The number of carbonyl (C=O) groups is 1. The molecule has 0 radical (unpaired) electrons. The molecular formula is C16H15ClF2N2O3S. The van der Waals surface area contributed by atoms with E-state index < -0.39 is 11.7 Å². The molecule has 0 saturated heterocycles. The van der Waals surface area contributed by atoms with Gasteiger partial charge in [-0.1, -0.05) is 29.4 Å². The number of hydrogen-bond acceptors (Lipinski definition) is 5. The lowest BCUT2D eigenvalue weighted by Gasteiger charge is -2.13. The van der Waals surface area contributed by atoms with Crippen molar-refractivity contribution < 1.29 is 23.0 Å². The number of pyridine rings is 1. The summed E-state index contributed by atoms with van der Waals surface area (Å²) >= 11 is 6.23. The maximum absolute atomic E-state index is 12.7.